The molecule has 2 rings (SSSR count). The molecule has 0 saturated heterocycles. The summed E-state index contributed by atoms with van der Waals surface area (Å²) in [5.41, 5.74) is 3.73. The van der Waals surface area contributed by atoms with Crippen LogP contribution in [-0.2, 0) is 16.1 Å². The Morgan fingerprint density at radius 1 is 1.03 bits per heavy atom. The van der Waals surface area contributed by atoms with Gasteiger partial charge in [0.05, 0.1) is 0 Å². The van der Waals surface area contributed by atoms with E-state index in [1.54, 1.807) is 17.0 Å². The minimum atomic E-state index is -0.315. The van der Waals surface area contributed by atoms with Crippen LogP contribution in [0.3, 0.4) is 0 Å². The Morgan fingerprint density at radius 3 is 2.24 bits per heavy atom. The first-order valence-corrected chi connectivity index (χ1v) is 9.99. The summed E-state index contributed by atoms with van der Waals surface area (Å²) in [5.74, 6) is -0.583. The van der Waals surface area contributed by atoms with Crippen molar-refractivity contribution in [2.24, 2.45) is 0 Å². The fourth-order valence-electron chi connectivity index (χ4n) is 3.18. The molecule has 5 nitrogen and oxygen atoms in total. The molecule has 156 valence electrons. The molecular weight excluding hydrogens is 369 g/mol. The lowest BCUT2D eigenvalue weighted by molar-refractivity contribution is -0.129. The highest BCUT2D eigenvalue weighted by molar-refractivity contribution is 5.92. The lowest BCUT2D eigenvalue weighted by atomic mass is 10.1. The monoisotopic (exact) mass is 399 g/mol. The van der Waals surface area contributed by atoms with Crippen molar-refractivity contribution in [2.75, 3.05) is 29.9 Å². The number of hydrogen-bond acceptors (Lipinski definition) is 3. The smallest absolute Gasteiger partial charge is 0.226 e. The zero-order valence-corrected chi connectivity index (χ0v) is 17.7. The molecule has 0 fully saturated rings. The predicted molar refractivity (Wildman–Crippen MR) is 115 cm³/mol. The highest BCUT2D eigenvalue weighted by Crippen LogP contribution is 2.23. The maximum absolute atomic E-state index is 13.0. The molecule has 6 heteroatoms. The summed E-state index contributed by atoms with van der Waals surface area (Å²) in [4.78, 5) is 28.2. The Balaban J connectivity index is 1.95. The fourth-order valence-corrected chi connectivity index (χ4v) is 3.18. The number of aryl methyl sites for hydroxylation is 1. The van der Waals surface area contributed by atoms with Gasteiger partial charge in [-0.15, -0.1) is 0 Å². The van der Waals surface area contributed by atoms with E-state index in [0.717, 1.165) is 35.6 Å². The lowest BCUT2D eigenvalue weighted by Gasteiger charge is -2.23. The van der Waals surface area contributed by atoms with Crippen LogP contribution >= 0.6 is 0 Å². The summed E-state index contributed by atoms with van der Waals surface area (Å²) in [5, 5.41) is 2.93. The number of hydrogen-bond donors (Lipinski definition) is 1. The minimum absolute atomic E-state index is 0.123. The highest BCUT2D eigenvalue weighted by atomic mass is 19.1. The second-order valence-electron chi connectivity index (χ2n) is 7.04. The van der Waals surface area contributed by atoms with Crippen LogP contribution in [-0.4, -0.2) is 36.3 Å². The largest absolute Gasteiger partial charge is 0.372 e. The summed E-state index contributed by atoms with van der Waals surface area (Å²) >= 11 is 0. The van der Waals surface area contributed by atoms with E-state index in [1.807, 2.05) is 19.1 Å². The van der Waals surface area contributed by atoms with E-state index in [1.165, 1.54) is 19.1 Å². The van der Waals surface area contributed by atoms with E-state index >= 15 is 0 Å². The Kier molecular flexibility index (Phi) is 8.19. The number of anilines is 2. The van der Waals surface area contributed by atoms with Crippen molar-refractivity contribution in [1.82, 2.24) is 4.90 Å². The second-order valence-corrected chi connectivity index (χ2v) is 7.04. The average Bonchev–Trinajstić information content (AvgIpc) is 2.69. The third-order valence-electron chi connectivity index (χ3n) is 4.95. The van der Waals surface area contributed by atoms with Crippen molar-refractivity contribution < 1.29 is 14.0 Å². The molecule has 0 atom stereocenters. The third-order valence-corrected chi connectivity index (χ3v) is 4.95. The highest BCUT2D eigenvalue weighted by Gasteiger charge is 2.13. The summed E-state index contributed by atoms with van der Waals surface area (Å²) < 4.78 is 13.0. The normalized spacial score (nSPS) is 10.5. The van der Waals surface area contributed by atoms with E-state index in [0.29, 0.717) is 13.1 Å². The SMILES string of the molecule is CCN(CC)c1ccc(NC(=O)CCN(Cc2ccc(F)cc2)C(C)=O)c(C)c1. The topological polar surface area (TPSA) is 52.7 Å². The first-order valence-electron chi connectivity index (χ1n) is 9.99. The first kappa shape index (κ1) is 22.4. The van der Waals surface area contributed by atoms with Gasteiger partial charge in [-0.05, 0) is 62.2 Å². The minimum Gasteiger partial charge on any atom is -0.372 e. The van der Waals surface area contributed by atoms with Crippen molar-refractivity contribution >= 4 is 23.2 Å². The van der Waals surface area contributed by atoms with Gasteiger partial charge in [-0.1, -0.05) is 12.1 Å². The van der Waals surface area contributed by atoms with Crippen molar-refractivity contribution in [3.8, 4) is 0 Å². The average molecular weight is 400 g/mol. The van der Waals surface area contributed by atoms with Gasteiger partial charge in [0.25, 0.3) is 0 Å². The Bertz CT molecular complexity index is 833. The lowest BCUT2D eigenvalue weighted by Crippen LogP contribution is -2.31. The van der Waals surface area contributed by atoms with Crippen LogP contribution in [0.5, 0.6) is 0 Å². The zero-order valence-electron chi connectivity index (χ0n) is 17.7. The van der Waals surface area contributed by atoms with Crippen LogP contribution in [0.4, 0.5) is 15.8 Å². The van der Waals surface area contributed by atoms with Crippen molar-refractivity contribution in [2.45, 2.75) is 40.7 Å². The third kappa shape index (κ3) is 6.59. The maximum Gasteiger partial charge on any atom is 0.226 e. The van der Waals surface area contributed by atoms with Crippen LogP contribution in [0.25, 0.3) is 0 Å². The van der Waals surface area contributed by atoms with Gasteiger partial charge in [0.2, 0.25) is 11.8 Å². The molecule has 0 bridgehead atoms. The number of amides is 2. The van der Waals surface area contributed by atoms with Crippen LogP contribution < -0.4 is 10.2 Å². The van der Waals surface area contributed by atoms with Gasteiger partial charge >= 0.3 is 0 Å². The molecule has 0 spiro atoms. The van der Waals surface area contributed by atoms with Gasteiger partial charge in [-0.3, -0.25) is 9.59 Å². The first-order chi connectivity index (χ1) is 13.8. The number of nitrogens with one attached hydrogen (secondary N) is 1. The van der Waals surface area contributed by atoms with Gasteiger partial charge in [0.1, 0.15) is 5.82 Å². The molecule has 29 heavy (non-hydrogen) atoms. The van der Waals surface area contributed by atoms with E-state index < -0.39 is 0 Å². The van der Waals surface area contributed by atoms with Crippen LogP contribution in [0.2, 0.25) is 0 Å². The molecule has 0 heterocycles. The van der Waals surface area contributed by atoms with E-state index in [-0.39, 0.29) is 24.1 Å². The van der Waals surface area contributed by atoms with Crippen LogP contribution in [0, 0.1) is 12.7 Å². The molecule has 2 aromatic rings. The van der Waals surface area contributed by atoms with Crippen molar-refractivity contribution in [3.63, 3.8) is 0 Å². The van der Waals surface area contributed by atoms with Gasteiger partial charge in [-0.25, -0.2) is 4.39 Å². The number of halogens is 1. The number of carbonyl (C=O) groups is 2. The fraction of sp³-hybridized carbons (Fsp3) is 0.391. The number of nitrogens with zero attached hydrogens (tertiary/aromatic N) is 2. The molecule has 2 amide bonds. The quantitative estimate of drug-likeness (QED) is 0.682. The Morgan fingerprint density at radius 2 is 1.69 bits per heavy atom. The van der Waals surface area contributed by atoms with E-state index in [9.17, 15) is 14.0 Å². The number of carbonyl (C=O) groups excluding carboxylic acids is 2. The zero-order chi connectivity index (χ0) is 21.4. The molecule has 0 aliphatic carbocycles. The molecule has 0 radical (unpaired) electrons. The van der Waals surface area contributed by atoms with Crippen LogP contribution in [0.15, 0.2) is 42.5 Å². The van der Waals surface area contributed by atoms with Gasteiger partial charge in [0, 0.05) is 50.9 Å². The Labute approximate surface area is 172 Å². The van der Waals surface area contributed by atoms with Gasteiger partial charge < -0.3 is 15.1 Å². The van der Waals surface area contributed by atoms with Crippen molar-refractivity contribution in [3.05, 3.63) is 59.4 Å². The molecule has 0 aliphatic rings. The molecule has 0 unspecified atom stereocenters. The summed E-state index contributed by atoms with van der Waals surface area (Å²) in [6.07, 6.45) is 0.192. The number of rotatable bonds is 9. The molecular formula is C23H30FN3O2. The maximum atomic E-state index is 13.0. The molecule has 0 saturated carbocycles. The summed E-state index contributed by atoms with van der Waals surface area (Å²) in [6, 6.07) is 12.0. The number of benzene rings is 2. The van der Waals surface area contributed by atoms with Gasteiger partial charge in [0.15, 0.2) is 0 Å². The molecule has 1 N–H and O–H groups in total. The summed E-state index contributed by atoms with van der Waals surface area (Å²) in [7, 11) is 0. The Hall–Kier alpha value is -2.89. The van der Waals surface area contributed by atoms with E-state index in [4.69, 9.17) is 0 Å². The predicted octanol–water partition coefficient (Wildman–Crippen LogP) is 4.36. The van der Waals surface area contributed by atoms with E-state index in [2.05, 4.69) is 30.1 Å². The molecule has 2 aromatic carbocycles. The molecule has 0 aliphatic heterocycles. The van der Waals surface area contributed by atoms with Crippen LogP contribution in [0.1, 0.15) is 38.3 Å². The van der Waals surface area contributed by atoms with Gasteiger partial charge in [-0.2, -0.15) is 0 Å². The van der Waals surface area contributed by atoms with Crippen molar-refractivity contribution in [1.29, 1.82) is 0 Å². The standard InChI is InChI=1S/C23H30FN3O2/c1-5-26(6-2)21-11-12-22(17(3)15-21)25-23(29)13-14-27(18(4)28)16-19-7-9-20(24)10-8-19/h7-12,15H,5-6,13-14,16H2,1-4H3,(H,25,29). The second kappa shape index (κ2) is 10.6. The summed E-state index contributed by atoms with van der Waals surface area (Å²) in [6.45, 7) is 10.2. The molecule has 0 aromatic heterocycles.